The van der Waals surface area contributed by atoms with E-state index in [1.165, 1.54) is 0 Å². The monoisotopic (exact) mass is 213 g/mol. The van der Waals surface area contributed by atoms with E-state index in [9.17, 15) is 9.59 Å². The van der Waals surface area contributed by atoms with Crippen molar-refractivity contribution in [1.82, 2.24) is 10.6 Å². The lowest BCUT2D eigenvalue weighted by atomic mass is 10.1. The lowest BCUT2D eigenvalue weighted by Crippen LogP contribution is -2.47. The van der Waals surface area contributed by atoms with Crippen LogP contribution < -0.4 is 16.4 Å². The summed E-state index contributed by atoms with van der Waals surface area (Å²) < 4.78 is 0. The highest BCUT2D eigenvalue weighted by molar-refractivity contribution is 5.88. The van der Waals surface area contributed by atoms with E-state index < -0.39 is 6.04 Å². The second kappa shape index (κ2) is 5.11. The second-order valence-corrected chi connectivity index (χ2v) is 4.15. The predicted octanol–water partition coefficient (Wildman–Crippen LogP) is -0.635. The number of rotatable bonds is 5. The Morgan fingerprint density at radius 3 is 2.40 bits per heavy atom. The van der Waals surface area contributed by atoms with Crippen molar-refractivity contribution in [2.24, 2.45) is 11.7 Å². The minimum atomic E-state index is -0.480. The maximum absolute atomic E-state index is 11.5. The van der Waals surface area contributed by atoms with Crippen molar-refractivity contribution in [2.75, 3.05) is 6.54 Å². The Morgan fingerprint density at radius 2 is 1.93 bits per heavy atom. The standard InChI is InChI=1S/C10H19N3O2/c1-6(5-11)9(14)12-7(2)10(15)13-8-3-4-8/h6-8H,3-5,11H2,1-2H3,(H,12,14)(H,13,15). The minimum Gasteiger partial charge on any atom is -0.352 e. The van der Waals surface area contributed by atoms with Crippen LogP contribution in [0.15, 0.2) is 0 Å². The molecule has 0 saturated heterocycles. The average molecular weight is 213 g/mol. The SMILES string of the molecule is CC(CN)C(=O)NC(C)C(=O)NC1CC1. The fourth-order valence-electron chi connectivity index (χ4n) is 1.08. The summed E-state index contributed by atoms with van der Waals surface area (Å²) in [7, 11) is 0. The molecule has 15 heavy (non-hydrogen) atoms. The summed E-state index contributed by atoms with van der Waals surface area (Å²) in [4.78, 5) is 22.9. The van der Waals surface area contributed by atoms with Crippen LogP contribution in [0.1, 0.15) is 26.7 Å². The molecule has 0 aromatic heterocycles. The molecule has 0 aromatic rings. The third-order valence-electron chi connectivity index (χ3n) is 2.48. The van der Waals surface area contributed by atoms with Crippen molar-refractivity contribution in [3.8, 4) is 0 Å². The lowest BCUT2D eigenvalue weighted by molar-refractivity contribution is -0.130. The molecule has 1 aliphatic carbocycles. The Hall–Kier alpha value is -1.10. The Kier molecular flexibility index (Phi) is 4.08. The summed E-state index contributed by atoms with van der Waals surface area (Å²) in [6, 6.07) is -0.157. The molecule has 5 heteroatoms. The van der Waals surface area contributed by atoms with Gasteiger partial charge in [0.2, 0.25) is 11.8 Å². The molecule has 4 N–H and O–H groups in total. The van der Waals surface area contributed by atoms with E-state index in [2.05, 4.69) is 10.6 Å². The van der Waals surface area contributed by atoms with Crippen LogP contribution in [0.2, 0.25) is 0 Å². The molecule has 2 atom stereocenters. The highest BCUT2D eigenvalue weighted by Crippen LogP contribution is 2.18. The van der Waals surface area contributed by atoms with Crippen LogP contribution in [0.5, 0.6) is 0 Å². The Balaban J connectivity index is 2.29. The van der Waals surface area contributed by atoms with Gasteiger partial charge in [-0.2, -0.15) is 0 Å². The van der Waals surface area contributed by atoms with E-state index in [4.69, 9.17) is 5.73 Å². The molecule has 0 radical (unpaired) electrons. The number of amides is 2. The highest BCUT2D eigenvalue weighted by atomic mass is 16.2. The Morgan fingerprint density at radius 1 is 1.33 bits per heavy atom. The van der Waals surface area contributed by atoms with Crippen LogP contribution in [0.4, 0.5) is 0 Å². The number of nitrogens with one attached hydrogen (secondary N) is 2. The molecule has 2 unspecified atom stereocenters. The van der Waals surface area contributed by atoms with Crippen molar-refractivity contribution in [3.63, 3.8) is 0 Å². The van der Waals surface area contributed by atoms with Crippen LogP contribution in [-0.2, 0) is 9.59 Å². The molecule has 1 aliphatic rings. The molecule has 1 fully saturated rings. The summed E-state index contributed by atoms with van der Waals surface area (Å²) in [5, 5.41) is 5.46. The normalized spacial score (nSPS) is 19.1. The molecular weight excluding hydrogens is 194 g/mol. The summed E-state index contributed by atoms with van der Waals surface area (Å²) in [5.74, 6) is -0.535. The van der Waals surface area contributed by atoms with Crippen molar-refractivity contribution in [3.05, 3.63) is 0 Å². The summed E-state index contributed by atoms with van der Waals surface area (Å²) in [5.41, 5.74) is 5.35. The number of hydrogen-bond acceptors (Lipinski definition) is 3. The van der Waals surface area contributed by atoms with Gasteiger partial charge in [-0.3, -0.25) is 9.59 Å². The van der Waals surface area contributed by atoms with Gasteiger partial charge in [-0.15, -0.1) is 0 Å². The number of carbonyl (C=O) groups is 2. The predicted molar refractivity (Wildman–Crippen MR) is 57.0 cm³/mol. The number of hydrogen-bond donors (Lipinski definition) is 3. The molecule has 0 aromatic carbocycles. The van der Waals surface area contributed by atoms with Crippen molar-refractivity contribution < 1.29 is 9.59 Å². The maximum Gasteiger partial charge on any atom is 0.242 e. The van der Waals surface area contributed by atoms with Crippen LogP contribution in [0.3, 0.4) is 0 Å². The minimum absolute atomic E-state index is 0.116. The fourth-order valence-corrected chi connectivity index (χ4v) is 1.08. The zero-order chi connectivity index (χ0) is 11.4. The van der Waals surface area contributed by atoms with E-state index >= 15 is 0 Å². The molecule has 86 valence electrons. The number of carbonyl (C=O) groups excluding carboxylic acids is 2. The first-order valence-electron chi connectivity index (χ1n) is 5.35. The fraction of sp³-hybridized carbons (Fsp3) is 0.800. The first kappa shape index (κ1) is 12.0. The zero-order valence-electron chi connectivity index (χ0n) is 9.25. The topological polar surface area (TPSA) is 84.2 Å². The molecule has 0 spiro atoms. The van der Waals surface area contributed by atoms with Crippen LogP contribution in [0, 0.1) is 5.92 Å². The smallest absolute Gasteiger partial charge is 0.242 e. The maximum atomic E-state index is 11.5. The second-order valence-electron chi connectivity index (χ2n) is 4.15. The van der Waals surface area contributed by atoms with Gasteiger partial charge in [0.05, 0.1) is 0 Å². The summed E-state index contributed by atoms with van der Waals surface area (Å²) in [6.07, 6.45) is 2.09. The highest BCUT2D eigenvalue weighted by Gasteiger charge is 2.26. The van der Waals surface area contributed by atoms with Gasteiger partial charge in [0.1, 0.15) is 6.04 Å². The van der Waals surface area contributed by atoms with Crippen LogP contribution >= 0.6 is 0 Å². The quantitative estimate of drug-likeness (QED) is 0.568. The first-order chi connectivity index (χ1) is 7.04. The molecular formula is C10H19N3O2. The molecule has 1 saturated carbocycles. The summed E-state index contributed by atoms with van der Waals surface area (Å²) >= 11 is 0. The van der Waals surface area contributed by atoms with Gasteiger partial charge in [-0.1, -0.05) is 6.92 Å². The van der Waals surface area contributed by atoms with Gasteiger partial charge < -0.3 is 16.4 Å². The molecule has 2 amide bonds. The number of nitrogens with two attached hydrogens (primary N) is 1. The molecule has 1 rings (SSSR count). The zero-order valence-corrected chi connectivity index (χ0v) is 9.25. The Bertz CT molecular complexity index is 251. The van der Waals surface area contributed by atoms with E-state index in [-0.39, 0.29) is 17.7 Å². The third-order valence-corrected chi connectivity index (χ3v) is 2.48. The van der Waals surface area contributed by atoms with Gasteiger partial charge >= 0.3 is 0 Å². The largest absolute Gasteiger partial charge is 0.352 e. The van der Waals surface area contributed by atoms with Gasteiger partial charge in [0, 0.05) is 18.5 Å². The van der Waals surface area contributed by atoms with E-state index in [0.29, 0.717) is 12.6 Å². The summed E-state index contributed by atoms with van der Waals surface area (Å²) in [6.45, 7) is 3.71. The van der Waals surface area contributed by atoms with Gasteiger partial charge in [0.15, 0.2) is 0 Å². The van der Waals surface area contributed by atoms with Crippen LogP contribution in [-0.4, -0.2) is 30.4 Å². The molecule has 0 aliphatic heterocycles. The molecule has 5 nitrogen and oxygen atoms in total. The van der Waals surface area contributed by atoms with Gasteiger partial charge in [-0.25, -0.2) is 0 Å². The average Bonchev–Trinajstić information content (AvgIpc) is 3.00. The van der Waals surface area contributed by atoms with Crippen molar-refractivity contribution in [2.45, 2.75) is 38.8 Å². The van der Waals surface area contributed by atoms with E-state index in [0.717, 1.165) is 12.8 Å². The van der Waals surface area contributed by atoms with E-state index in [1.807, 2.05) is 0 Å². The molecule has 0 bridgehead atoms. The van der Waals surface area contributed by atoms with Crippen molar-refractivity contribution >= 4 is 11.8 Å². The van der Waals surface area contributed by atoms with E-state index in [1.54, 1.807) is 13.8 Å². The third kappa shape index (κ3) is 3.87. The first-order valence-corrected chi connectivity index (χ1v) is 5.35. The van der Waals surface area contributed by atoms with Crippen LogP contribution in [0.25, 0.3) is 0 Å². The van der Waals surface area contributed by atoms with Gasteiger partial charge in [0.25, 0.3) is 0 Å². The molecule has 0 heterocycles. The van der Waals surface area contributed by atoms with Crippen molar-refractivity contribution in [1.29, 1.82) is 0 Å². The Labute approximate surface area is 89.8 Å². The van der Waals surface area contributed by atoms with Gasteiger partial charge in [-0.05, 0) is 19.8 Å². The lowest BCUT2D eigenvalue weighted by Gasteiger charge is -2.16.